The van der Waals surface area contributed by atoms with Gasteiger partial charge < -0.3 is 4.98 Å². The summed E-state index contributed by atoms with van der Waals surface area (Å²) in [5.41, 5.74) is 2.18. The molecule has 1 atom stereocenters. The van der Waals surface area contributed by atoms with Gasteiger partial charge in [-0.3, -0.25) is 14.2 Å². The van der Waals surface area contributed by atoms with Crippen molar-refractivity contribution >= 4 is 23.3 Å². The van der Waals surface area contributed by atoms with Crippen molar-refractivity contribution in [3.8, 4) is 0 Å². The highest BCUT2D eigenvalue weighted by Gasteiger charge is 2.31. The zero-order valence-corrected chi connectivity index (χ0v) is 14.9. The van der Waals surface area contributed by atoms with Crippen LogP contribution in [0.4, 0.5) is 0 Å². The van der Waals surface area contributed by atoms with Crippen LogP contribution < -0.4 is 5.69 Å². The fourth-order valence-electron chi connectivity index (χ4n) is 2.97. The van der Waals surface area contributed by atoms with Crippen molar-refractivity contribution in [2.75, 3.05) is 0 Å². The summed E-state index contributed by atoms with van der Waals surface area (Å²) >= 11 is 1.26. The van der Waals surface area contributed by atoms with E-state index in [2.05, 4.69) is 15.2 Å². The number of ketones is 2. The van der Waals surface area contributed by atoms with Crippen molar-refractivity contribution in [2.45, 2.75) is 57.0 Å². The molecule has 0 aromatic carbocycles. The molecule has 128 valence electrons. The smallest absolute Gasteiger partial charge is 0.344 e. The first-order valence-electron chi connectivity index (χ1n) is 7.89. The topological polar surface area (TPSA) is 101 Å². The van der Waals surface area contributed by atoms with Gasteiger partial charge in [0.2, 0.25) is 0 Å². The summed E-state index contributed by atoms with van der Waals surface area (Å²) in [6.45, 7) is 6.84. The molecule has 24 heavy (non-hydrogen) atoms. The third-order valence-electron chi connectivity index (χ3n) is 4.27. The number of carbonyl (C=O) groups excluding carboxylic acids is 2. The molecule has 0 saturated heterocycles. The maximum atomic E-state index is 12.8. The van der Waals surface area contributed by atoms with Gasteiger partial charge in [-0.15, -0.1) is 5.10 Å². The number of nitrogens with zero attached hydrogens (tertiary/aromatic N) is 2. The molecule has 0 spiro atoms. The number of nitrogens with one attached hydrogen (secondary N) is 2. The summed E-state index contributed by atoms with van der Waals surface area (Å²) in [7, 11) is 0. The molecule has 2 heterocycles. The quantitative estimate of drug-likeness (QED) is 0.617. The summed E-state index contributed by atoms with van der Waals surface area (Å²) in [6.07, 6.45) is 1.93. The number of thioether (sulfide) groups is 1. The average Bonchev–Trinajstić information content (AvgIpc) is 3.21. The van der Waals surface area contributed by atoms with Crippen molar-refractivity contribution < 1.29 is 9.59 Å². The molecular weight excluding hydrogens is 328 g/mol. The van der Waals surface area contributed by atoms with Crippen molar-refractivity contribution in [1.82, 2.24) is 19.7 Å². The maximum absolute atomic E-state index is 12.8. The van der Waals surface area contributed by atoms with Crippen molar-refractivity contribution in [3.05, 3.63) is 33.0 Å². The molecule has 7 nitrogen and oxygen atoms in total. The van der Waals surface area contributed by atoms with E-state index in [1.807, 2.05) is 0 Å². The van der Waals surface area contributed by atoms with Crippen LogP contribution >= 0.6 is 11.8 Å². The molecule has 1 unspecified atom stereocenters. The Morgan fingerprint density at radius 1 is 1.33 bits per heavy atom. The molecule has 0 bridgehead atoms. The van der Waals surface area contributed by atoms with Gasteiger partial charge in [-0.25, -0.2) is 9.89 Å². The Kier molecular flexibility index (Phi) is 4.25. The summed E-state index contributed by atoms with van der Waals surface area (Å²) in [5, 5.41) is 6.61. The highest BCUT2D eigenvalue weighted by molar-refractivity contribution is 8.00. The molecule has 2 aromatic rings. The lowest BCUT2D eigenvalue weighted by molar-refractivity contribution is 0.0988. The zero-order valence-electron chi connectivity index (χ0n) is 14.1. The van der Waals surface area contributed by atoms with E-state index in [0.717, 1.165) is 12.8 Å². The first-order valence-corrected chi connectivity index (χ1v) is 8.77. The number of carbonyl (C=O) groups is 2. The molecule has 8 heteroatoms. The van der Waals surface area contributed by atoms with Crippen molar-refractivity contribution in [2.24, 2.45) is 0 Å². The average molecular weight is 348 g/mol. The highest BCUT2D eigenvalue weighted by atomic mass is 32.2. The largest absolute Gasteiger partial charge is 0.355 e. The Morgan fingerprint density at radius 3 is 2.54 bits per heavy atom. The van der Waals surface area contributed by atoms with Crippen LogP contribution in [-0.4, -0.2) is 36.6 Å². The predicted molar refractivity (Wildman–Crippen MR) is 91.0 cm³/mol. The van der Waals surface area contributed by atoms with Crippen LogP contribution in [0.15, 0.2) is 9.95 Å². The number of Topliss-reactive ketones (excluding diaryl/α,β-unsaturated/α-hetero) is 2. The van der Waals surface area contributed by atoms with Crippen LogP contribution in [-0.2, 0) is 0 Å². The van der Waals surface area contributed by atoms with Gasteiger partial charge in [-0.05, 0) is 46.1 Å². The van der Waals surface area contributed by atoms with Crippen LogP contribution in [0.25, 0.3) is 0 Å². The second-order valence-corrected chi connectivity index (χ2v) is 7.53. The lowest BCUT2D eigenvalue weighted by Crippen LogP contribution is -2.19. The molecule has 1 fully saturated rings. The van der Waals surface area contributed by atoms with E-state index in [-0.39, 0.29) is 23.3 Å². The predicted octanol–water partition coefficient (Wildman–Crippen LogP) is 2.42. The Hall–Kier alpha value is -2.09. The van der Waals surface area contributed by atoms with Crippen LogP contribution in [0.3, 0.4) is 0 Å². The number of hydrogen-bond acceptors (Lipinski definition) is 5. The van der Waals surface area contributed by atoms with Gasteiger partial charge in [0.1, 0.15) is 0 Å². The fourth-order valence-corrected chi connectivity index (χ4v) is 3.95. The minimum Gasteiger partial charge on any atom is -0.355 e. The SMILES string of the molecule is CC(=O)c1c(C)[nH]c(C(=O)C(C)Sc2n[nH]c(=O)n2C2CC2)c1C. The molecule has 2 aromatic heterocycles. The summed E-state index contributed by atoms with van der Waals surface area (Å²) < 4.78 is 1.63. The molecule has 3 rings (SSSR count). The number of aromatic nitrogens is 4. The van der Waals surface area contributed by atoms with E-state index in [9.17, 15) is 14.4 Å². The number of H-pyrrole nitrogens is 2. The monoisotopic (exact) mass is 348 g/mol. The van der Waals surface area contributed by atoms with Crippen molar-refractivity contribution in [3.63, 3.8) is 0 Å². The number of aryl methyl sites for hydroxylation is 1. The minimum absolute atomic E-state index is 0.0597. The van der Waals surface area contributed by atoms with Crippen molar-refractivity contribution in [1.29, 1.82) is 0 Å². The lowest BCUT2D eigenvalue weighted by Gasteiger charge is -2.10. The van der Waals surface area contributed by atoms with Gasteiger partial charge in [-0.1, -0.05) is 11.8 Å². The van der Waals surface area contributed by atoms with Crippen LogP contribution in [0.1, 0.15) is 64.8 Å². The van der Waals surface area contributed by atoms with Gasteiger partial charge in [0.25, 0.3) is 0 Å². The molecule has 0 amide bonds. The Labute approximate surface area is 143 Å². The van der Waals surface area contributed by atoms with Crippen LogP contribution in [0.2, 0.25) is 0 Å². The summed E-state index contributed by atoms with van der Waals surface area (Å²) in [6, 6.07) is 0.194. The highest BCUT2D eigenvalue weighted by Crippen LogP contribution is 2.37. The summed E-state index contributed by atoms with van der Waals surface area (Å²) in [4.78, 5) is 39.4. The van der Waals surface area contributed by atoms with E-state index < -0.39 is 5.25 Å². The van der Waals surface area contributed by atoms with E-state index in [1.54, 1.807) is 25.3 Å². The third-order valence-corrected chi connectivity index (χ3v) is 5.34. The molecule has 1 aliphatic rings. The van der Waals surface area contributed by atoms with E-state index >= 15 is 0 Å². The standard InChI is InChI=1S/C16H20N4O3S/c1-7-12(9(3)21)8(2)17-13(7)14(22)10(4)24-16-19-18-15(23)20(16)11-5-6-11/h10-11,17H,5-6H2,1-4H3,(H,18,23). The number of hydrogen-bond donors (Lipinski definition) is 2. The molecule has 2 N–H and O–H groups in total. The second-order valence-electron chi connectivity index (χ2n) is 6.22. The first kappa shape index (κ1) is 16.8. The van der Waals surface area contributed by atoms with Gasteiger partial charge in [0.05, 0.1) is 10.9 Å². The zero-order chi connectivity index (χ0) is 17.6. The third kappa shape index (κ3) is 2.86. The minimum atomic E-state index is -0.422. The van der Waals surface area contributed by atoms with E-state index in [0.29, 0.717) is 27.7 Å². The molecule has 0 radical (unpaired) electrons. The fraction of sp³-hybridized carbons (Fsp3) is 0.500. The second kappa shape index (κ2) is 6.08. The first-order chi connectivity index (χ1) is 11.3. The lowest BCUT2D eigenvalue weighted by atomic mass is 10.0. The molecular formula is C16H20N4O3S. The molecule has 1 aliphatic carbocycles. The van der Waals surface area contributed by atoms with Gasteiger partial charge in [0.15, 0.2) is 16.7 Å². The van der Waals surface area contributed by atoms with E-state index in [4.69, 9.17) is 0 Å². The van der Waals surface area contributed by atoms with Gasteiger partial charge in [0, 0.05) is 17.3 Å². The normalized spacial score (nSPS) is 15.5. The van der Waals surface area contributed by atoms with E-state index in [1.165, 1.54) is 18.7 Å². The molecule has 0 aliphatic heterocycles. The summed E-state index contributed by atoms with van der Waals surface area (Å²) in [5.74, 6) is -0.165. The van der Waals surface area contributed by atoms with Crippen LogP contribution in [0, 0.1) is 13.8 Å². The maximum Gasteiger partial charge on any atom is 0.344 e. The van der Waals surface area contributed by atoms with Crippen LogP contribution in [0.5, 0.6) is 0 Å². The Morgan fingerprint density at radius 2 is 2.00 bits per heavy atom. The number of aromatic amines is 2. The Balaban J connectivity index is 1.85. The number of rotatable bonds is 6. The van der Waals surface area contributed by atoms with Gasteiger partial charge in [-0.2, -0.15) is 0 Å². The van der Waals surface area contributed by atoms with Gasteiger partial charge >= 0.3 is 5.69 Å². The molecule has 1 saturated carbocycles. The Bertz CT molecular complexity index is 873.